The molecule has 0 amide bonds. The molecule has 1 heterocycles. The number of benzene rings is 1. The molecule has 16 heavy (non-hydrogen) atoms. The molecule has 84 valence electrons. The van der Waals surface area contributed by atoms with Crippen molar-refractivity contribution in [3.8, 4) is 5.75 Å². The normalized spacial score (nSPS) is 10.7. The molecule has 0 saturated heterocycles. The van der Waals surface area contributed by atoms with Crippen LogP contribution in [0.4, 0.5) is 0 Å². The Morgan fingerprint density at radius 1 is 1.44 bits per heavy atom. The standard InChI is InChI=1S/C12H12ClNO2/c1-3-7-6-9(15)11-10(16-2)5-4-8(13)12(11)14-7/h4-6H,3H2,1-2H3,(H,14,15). The van der Waals surface area contributed by atoms with Crippen LogP contribution in [0.1, 0.15) is 12.6 Å². The molecule has 0 aliphatic rings. The highest BCUT2D eigenvalue weighted by Gasteiger charge is 2.10. The second kappa shape index (κ2) is 4.18. The molecule has 2 aromatic rings. The lowest BCUT2D eigenvalue weighted by Gasteiger charge is -2.07. The minimum Gasteiger partial charge on any atom is -0.496 e. The van der Waals surface area contributed by atoms with Crippen LogP contribution in [-0.2, 0) is 6.42 Å². The molecule has 2 rings (SSSR count). The summed E-state index contributed by atoms with van der Waals surface area (Å²) in [5.41, 5.74) is 1.45. The lowest BCUT2D eigenvalue weighted by atomic mass is 10.1. The molecule has 0 bridgehead atoms. The number of aromatic nitrogens is 1. The van der Waals surface area contributed by atoms with Crippen LogP contribution in [0.2, 0.25) is 5.02 Å². The summed E-state index contributed by atoms with van der Waals surface area (Å²) < 4.78 is 5.16. The number of hydrogen-bond donors (Lipinski definition) is 1. The van der Waals surface area contributed by atoms with E-state index in [2.05, 4.69) is 4.98 Å². The van der Waals surface area contributed by atoms with Gasteiger partial charge in [0.25, 0.3) is 0 Å². The fourth-order valence-corrected chi connectivity index (χ4v) is 1.92. The fourth-order valence-electron chi connectivity index (χ4n) is 1.71. The van der Waals surface area contributed by atoms with Gasteiger partial charge < -0.3 is 9.72 Å². The van der Waals surface area contributed by atoms with E-state index in [1.54, 1.807) is 18.2 Å². The van der Waals surface area contributed by atoms with Crippen LogP contribution in [0.5, 0.6) is 5.75 Å². The third-order valence-corrected chi connectivity index (χ3v) is 2.87. The number of halogens is 1. The lowest BCUT2D eigenvalue weighted by Crippen LogP contribution is -2.06. The zero-order valence-corrected chi connectivity index (χ0v) is 9.89. The van der Waals surface area contributed by atoms with E-state index in [4.69, 9.17) is 16.3 Å². The molecule has 0 unspecified atom stereocenters. The number of rotatable bonds is 2. The molecule has 4 heteroatoms. The van der Waals surface area contributed by atoms with Crippen LogP contribution in [0.25, 0.3) is 10.9 Å². The summed E-state index contributed by atoms with van der Waals surface area (Å²) in [5, 5.41) is 1.04. The van der Waals surface area contributed by atoms with Crippen molar-refractivity contribution in [2.75, 3.05) is 7.11 Å². The summed E-state index contributed by atoms with van der Waals surface area (Å²) in [7, 11) is 1.54. The highest BCUT2D eigenvalue weighted by Crippen LogP contribution is 2.27. The first-order chi connectivity index (χ1) is 7.67. The Kier molecular flexibility index (Phi) is 2.88. The van der Waals surface area contributed by atoms with Gasteiger partial charge in [0, 0.05) is 11.8 Å². The Balaban J connectivity index is 2.92. The van der Waals surface area contributed by atoms with E-state index in [9.17, 15) is 4.79 Å². The molecule has 1 N–H and O–H groups in total. The average molecular weight is 238 g/mol. The van der Waals surface area contributed by atoms with E-state index < -0.39 is 0 Å². The molecule has 0 aliphatic carbocycles. The smallest absolute Gasteiger partial charge is 0.193 e. The van der Waals surface area contributed by atoms with Crippen LogP contribution < -0.4 is 10.2 Å². The highest BCUT2D eigenvalue weighted by atomic mass is 35.5. The van der Waals surface area contributed by atoms with Gasteiger partial charge in [-0.2, -0.15) is 0 Å². The topological polar surface area (TPSA) is 42.1 Å². The summed E-state index contributed by atoms with van der Waals surface area (Å²) in [6, 6.07) is 5.00. The number of hydrogen-bond acceptors (Lipinski definition) is 2. The molecule has 0 spiro atoms. The molecule has 0 saturated carbocycles. The van der Waals surface area contributed by atoms with Crippen LogP contribution in [0, 0.1) is 0 Å². The minimum absolute atomic E-state index is 0.0649. The van der Waals surface area contributed by atoms with Crippen molar-refractivity contribution in [3.63, 3.8) is 0 Å². The number of aryl methyl sites for hydroxylation is 1. The lowest BCUT2D eigenvalue weighted by molar-refractivity contribution is 0.419. The predicted molar refractivity (Wildman–Crippen MR) is 65.5 cm³/mol. The zero-order valence-electron chi connectivity index (χ0n) is 9.13. The first kappa shape index (κ1) is 11.0. The summed E-state index contributed by atoms with van der Waals surface area (Å²) in [4.78, 5) is 15.1. The molecule has 0 fully saturated rings. The van der Waals surface area contributed by atoms with Crippen LogP contribution in [-0.4, -0.2) is 12.1 Å². The Hall–Kier alpha value is -1.48. The quantitative estimate of drug-likeness (QED) is 0.873. The number of methoxy groups -OCH3 is 1. The molecule has 3 nitrogen and oxygen atoms in total. The monoisotopic (exact) mass is 237 g/mol. The summed E-state index contributed by atoms with van der Waals surface area (Å²) in [6.45, 7) is 1.98. The van der Waals surface area contributed by atoms with Gasteiger partial charge in [-0.25, -0.2) is 0 Å². The maximum absolute atomic E-state index is 11.9. The molecule has 1 aromatic carbocycles. The molecule has 0 atom stereocenters. The van der Waals surface area contributed by atoms with Crippen molar-refractivity contribution in [3.05, 3.63) is 39.1 Å². The minimum atomic E-state index is -0.0649. The van der Waals surface area contributed by atoms with E-state index in [1.165, 1.54) is 7.11 Å². The van der Waals surface area contributed by atoms with Crippen molar-refractivity contribution >= 4 is 22.5 Å². The van der Waals surface area contributed by atoms with Crippen LogP contribution in [0.15, 0.2) is 23.0 Å². The largest absolute Gasteiger partial charge is 0.496 e. The van der Waals surface area contributed by atoms with Crippen LogP contribution in [0.3, 0.4) is 0 Å². The third kappa shape index (κ3) is 1.67. The molecular formula is C12H12ClNO2. The Morgan fingerprint density at radius 2 is 2.19 bits per heavy atom. The SMILES string of the molecule is CCc1cc(=O)c2c(OC)ccc(Cl)c2[nH]1. The maximum atomic E-state index is 11.9. The van der Waals surface area contributed by atoms with Crippen molar-refractivity contribution in [1.82, 2.24) is 4.98 Å². The van der Waals surface area contributed by atoms with Crippen molar-refractivity contribution in [1.29, 1.82) is 0 Å². The number of fused-ring (bicyclic) bond motifs is 1. The van der Waals surface area contributed by atoms with Gasteiger partial charge in [0.2, 0.25) is 0 Å². The van der Waals surface area contributed by atoms with Crippen molar-refractivity contribution in [2.45, 2.75) is 13.3 Å². The summed E-state index contributed by atoms with van der Waals surface area (Å²) in [6.07, 6.45) is 0.763. The van der Waals surface area contributed by atoms with Gasteiger partial charge in [-0.3, -0.25) is 4.79 Å². The Morgan fingerprint density at radius 3 is 2.81 bits per heavy atom. The third-order valence-electron chi connectivity index (χ3n) is 2.55. The van der Waals surface area contributed by atoms with Gasteiger partial charge >= 0.3 is 0 Å². The second-order valence-electron chi connectivity index (χ2n) is 3.51. The van der Waals surface area contributed by atoms with Gasteiger partial charge in [-0.15, -0.1) is 0 Å². The first-order valence-corrected chi connectivity index (χ1v) is 5.43. The van der Waals surface area contributed by atoms with E-state index in [0.29, 0.717) is 21.7 Å². The van der Waals surface area contributed by atoms with Gasteiger partial charge in [0.05, 0.1) is 23.0 Å². The number of ether oxygens (including phenoxy) is 1. The predicted octanol–water partition coefficient (Wildman–Crippen LogP) is 2.75. The Labute approximate surface area is 98.0 Å². The van der Waals surface area contributed by atoms with Crippen molar-refractivity contribution < 1.29 is 4.74 Å². The number of aromatic amines is 1. The zero-order chi connectivity index (χ0) is 11.7. The molecular weight excluding hydrogens is 226 g/mol. The van der Waals surface area contributed by atoms with Gasteiger partial charge in [-0.1, -0.05) is 18.5 Å². The van der Waals surface area contributed by atoms with Gasteiger partial charge in [0.15, 0.2) is 5.43 Å². The Bertz CT molecular complexity index is 589. The molecule has 0 radical (unpaired) electrons. The van der Waals surface area contributed by atoms with Gasteiger partial charge in [-0.05, 0) is 18.6 Å². The molecule has 1 aromatic heterocycles. The maximum Gasteiger partial charge on any atom is 0.193 e. The van der Waals surface area contributed by atoms with E-state index in [1.807, 2.05) is 6.92 Å². The fraction of sp³-hybridized carbons (Fsp3) is 0.250. The summed E-state index contributed by atoms with van der Waals surface area (Å²) >= 11 is 6.06. The number of H-pyrrole nitrogens is 1. The van der Waals surface area contributed by atoms with Crippen LogP contribution >= 0.6 is 11.6 Å². The van der Waals surface area contributed by atoms with Gasteiger partial charge in [0.1, 0.15) is 5.75 Å². The van der Waals surface area contributed by atoms with E-state index in [0.717, 1.165) is 12.1 Å². The van der Waals surface area contributed by atoms with E-state index in [-0.39, 0.29) is 5.43 Å². The second-order valence-corrected chi connectivity index (χ2v) is 3.92. The summed E-state index contributed by atoms with van der Waals surface area (Å²) in [5.74, 6) is 0.545. The average Bonchev–Trinajstić information content (AvgIpc) is 2.30. The first-order valence-electron chi connectivity index (χ1n) is 5.05. The molecule has 0 aliphatic heterocycles. The van der Waals surface area contributed by atoms with E-state index >= 15 is 0 Å². The highest BCUT2D eigenvalue weighted by molar-refractivity contribution is 6.35. The van der Waals surface area contributed by atoms with Crippen molar-refractivity contribution in [2.24, 2.45) is 0 Å². The number of pyridine rings is 1. The number of nitrogens with one attached hydrogen (secondary N) is 1.